The van der Waals surface area contributed by atoms with Crippen LogP contribution in [0.3, 0.4) is 0 Å². The summed E-state index contributed by atoms with van der Waals surface area (Å²) < 4.78 is 33.8. The summed E-state index contributed by atoms with van der Waals surface area (Å²) in [5.41, 5.74) is 2.11. The number of nitrogens with one attached hydrogen (secondary N) is 1. The molecule has 30 heavy (non-hydrogen) atoms. The molecule has 8 heteroatoms. The zero-order valence-electron chi connectivity index (χ0n) is 16.4. The number of benzene rings is 2. The molecule has 0 radical (unpaired) electrons. The molecule has 0 spiro atoms. The molecule has 1 N–H and O–H groups in total. The van der Waals surface area contributed by atoms with Crippen molar-refractivity contribution in [3.05, 3.63) is 65.9 Å². The second-order valence-electron chi connectivity index (χ2n) is 6.79. The number of hydrogen-bond acceptors (Lipinski definition) is 5. The third kappa shape index (κ3) is 5.28. The highest BCUT2D eigenvalue weighted by molar-refractivity contribution is 6.04. The predicted octanol–water partition coefficient (Wildman–Crippen LogP) is 4.76. The van der Waals surface area contributed by atoms with E-state index in [9.17, 15) is 18.4 Å². The molecule has 0 saturated heterocycles. The fourth-order valence-corrected chi connectivity index (χ4v) is 2.79. The van der Waals surface area contributed by atoms with Gasteiger partial charge in [0.25, 0.3) is 5.91 Å². The van der Waals surface area contributed by atoms with E-state index in [2.05, 4.69) is 15.0 Å². The van der Waals surface area contributed by atoms with Crippen molar-refractivity contribution in [2.45, 2.75) is 26.4 Å². The number of rotatable bonds is 7. The van der Waals surface area contributed by atoms with Gasteiger partial charge in [-0.05, 0) is 42.3 Å². The van der Waals surface area contributed by atoms with Crippen LogP contribution in [0.4, 0.5) is 14.5 Å². The summed E-state index contributed by atoms with van der Waals surface area (Å²) in [4.78, 5) is 29.3. The lowest BCUT2D eigenvalue weighted by molar-refractivity contribution is -0.119. The maximum atomic E-state index is 12.6. The maximum Gasteiger partial charge on any atom is 0.387 e. The van der Waals surface area contributed by atoms with Crippen molar-refractivity contribution in [2.75, 3.05) is 11.9 Å². The van der Waals surface area contributed by atoms with Gasteiger partial charge in [-0.3, -0.25) is 9.78 Å². The average Bonchev–Trinajstić information content (AvgIpc) is 2.72. The molecule has 1 heterocycles. The Morgan fingerprint density at radius 3 is 2.43 bits per heavy atom. The molecule has 0 saturated carbocycles. The second kappa shape index (κ2) is 9.30. The molecule has 0 aliphatic heterocycles. The van der Waals surface area contributed by atoms with E-state index in [1.54, 1.807) is 18.2 Å². The number of halogens is 2. The zero-order valence-corrected chi connectivity index (χ0v) is 16.4. The number of amides is 1. The zero-order chi connectivity index (χ0) is 21.7. The second-order valence-corrected chi connectivity index (χ2v) is 6.79. The van der Waals surface area contributed by atoms with Crippen LogP contribution in [0.25, 0.3) is 10.9 Å². The Morgan fingerprint density at radius 1 is 1.07 bits per heavy atom. The molecule has 3 rings (SSSR count). The lowest BCUT2D eigenvalue weighted by Gasteiger charge is -2.12. The van der Waals surface area contributed by atoms with Crippen LogP contribution in [0, 0.1) is 0 Å². The first-order valence-corrected chi connectivity index (χ1v) is 9.25. The lowest BCUT2D eigenvalue weighted by Crippen LogP contribution is -2.21. The molecular formula is C22H20F2N2O4. The van der Waals surface area contributed by atoms with Crippen molar-refractivity contribution in [3.63, 3.8) is 0 Å². The SMILES string of the molecule is CC(C)c1cc(C(=O)OCC(=O)Nc2ccc(OC(F)F)cc2)c2ccccc2n1. The van der Waals surface area contributed by atoms with Crippen LogP contribution in [-0.4, -0.2) is 30.1 Å². The number of aromatic nitrogens is 1. The molecular weight excluding hydrogens is 394 g/mol. The third-order valence-corrected chi connectivity index (χ3v) is 4.25. The predicted molar refractivity (Wildman–Crippen MR) is 108 cm³/mol. The van der Waals surface area contributed by atoms with Gasteiger partial charge in [-0.25, -0.2) is 4.79 Å². The molecule has 0 bridgehead atoms. The van der Waals surface area contributed by atoms with Crippen molar-refractivity contribution in [2.24, 2.45) is 0 Å². The van der Waals surface area contributed by atoms with Crippen LogP contribution < -0.4 is 10.1 Å². The number of ether oxygens (including phenoxy) is 2. The molecule has 156 valence electrons. The largest absolute Gasteiger partial charge is 0.452 e. The van der Waals surface area contributed by atoms with E-state index in [4.69, 9.17) is 4.74 Å². The molecule has 1 amide bonds. The number of esters is 1. The maximum absolute atomic E-state index is 12.6. The monoisotopic (exact) mass is 414 g/mol. The molecule has 0 aliphatic rings. The van der Waals surface area contributed by atoms with Gasteiger partial charge in [0.1, 0.15) is 5.75 Å². The van der Waals surface area contributed by atoms with E-state index in [1.165, 1.54) is 24.3 Å². The Morgan fingerprint density at radius 2 is 1.77 bits per heavy atom. The summed E-state index contributed by atoms with van der Waals surface area (Å²) in [6, 6.07) is 14.3. The van der Waals surface area contributed by atoms with Crippen molar-refractivity contribution in [1.29, 1.82) is 0 Å². The van der Waals surface area contributed by atoms with E-state index in [0.29, 0.717) is 22.2 Å². The molecule has 0 aliphatic carbocycles. The Kier molecular flexibility index (Phi) is 6.56. The third-order valence-electron chi connectivity index (χ3n) is 4.25. The number of alkyl halides is 2. The number of anilines is 1. The normalized spacial score (nSPS) is 11.0. The number of para-hydroxylation sites is 1. The number of hydrogen-bond donors (Lipinski definition) is 1. The van der Waals surface area contributed by atoms with Gasteiger partial charge in [-0.2, -0.15) is 8.78 Å². The van der Waals surface area contributed by atoms with Crippen LogP contribution in [0.15, 0.2) is 54.6 Å². The highest BCUT2D eigenvalue weighted by atomic mass is 19.3. The number of nitrogens with zero attached hydrogens (tertiary/aromatic N) is 1. The molecule has 0 unspecified atom stereocenters. The summed E-state index contributed by atoms with van der Waals surface area (Å²) in [5.74, 6) is -1.11. The van der Waals surface area contributed by atoms with Gasteiger partial charge < -0.3 is 14.8 Å². The first-order valence-electron chi connectivity index (χ1n) is 9.25. The van der Waals surface area contributed by atoms with Crippen LogP contribution in [-0.2, 0) is 9.53 Å². The summed E-state index contributed by atoms with van der Waals surface area (Å²) >= 11 is 0. The van der Waals surface area contributed by atoms with E-state index in [1.807, 2.05) is 26.0 Å². The fourth-order valence-electron chi connectivity index (χ4n) is 2.79. The van der Waals surface area contributed by atoms with E-state index < -0.39 is 25.1 Å². The number of carbonyl (C=O) groups excluding carboxylic acids is 2. The van der Waals surface area contributed by atoms with Gasteiger partial charge in [-0.1, -0.05) is 32.0 Å². The Bertz CT molecular complexity index is 1050. The number of fused-ring (bicyclic) bond motifs is 1. The van der Waals surface area contributed by atoms with Crippen LogP contribution in [0.1, 0.15) is 35.8 Å². The Labute approximate surface area is 171 Å². The van der Waals surface area contributed by atoms with Crippen molar-refractivity contribution in [3.8, 4) is 5.75 Å². The van der Waals surface area contributed by atoms with Crippen molar-refractivity contribution >= 4 is 28.5 Å². The van der Waals surface area contributed by atoms with Gasteiger partial charge in [0, 0.05) is 16.8 Å². The quantitative estimate of drug-likeness (QED) is 0.565. The van der Waals surface area contributed by atoms with Gasteiger partial charge in [0.2, 0.25) is 0 Å². The molecule has 1 aromatic heterocycles. The molecule has 0 atom stereocenters. The highest BCUT2D eigenvalue weighted by Crippen LogP contribution is 2.23. The highest BCUT2D eigenvalue weighted by Gasteiger charge is 2.17. The number of carbonyl (C=O) groups is 2. The molecule has 2 aromatic carbocycles. The van der Waals surface area contributed by atoms with Crippen molar-refractivity contribution in [1.82, 2.24) is 4.98 Å². The summed E-state index contributed by atoms with van der Waals surface area (Å²) in [6.07, 6.45) is 0. The van der Waals surface area contributed by atoms with Crippen molar-refractivity contribution < 1.29 is 27.8 Å². The molecule has 6 nitrogen and oxygen atoms in total. The topological polar surface area (TPSA) is 77.5 Å². The molecule has 3 aromatic rings. The van der Waals surface area contributed by atoms with Gasteiger partial charge in [0.15, 0.2) is 6.61 Å². The standard InChI is InChI=1S/C22H20F2N2O4/c1-13(2)19-11-17(16-5-3-4-6-18(16)26-19)21(28)29-12-20(27)25-14-7-9-15(10-8-14)30-22(23)24/h3-11,13,22H,12H2,1-2H3,(H,25,27). The summed E-state index contributed by atoms with van der Waals surface area (Å²) in [7, 11) is 0. The van der Waals surface area contributed by atoms with Crippen LogP contribution in [0.5, 0.6) is 5.75 Å². The first-order chi connectivity index (χ1) is 14.3. The Hall–Kier alpha value is -3.55. The minimum Gasteiger partial charge on any atom is -0.452 e. The molecule has 0 fully saturated rings. The van der Waals surface area contributed by atoms with Gasteiger partial charge >= 0.3 is 12.6 Å². The van der Waals surface area contributed by atoms with Crippen LogP contribution >= 0.6 is 0 Å². The smallest absolute Gasteiger partial charge is 0.387 e. The van der Waals surface area contributed by atoms with E-state index >= 15 is 0 Å². The van der Waals surface area contributed by atoms with Crippen LogP contribution in [0.2, 0.25) is 0 Å². The number of pyridine rings is 1. The fraction of sp³-hybridized carbons (Fsp3) is 0.227. The van der Waals surface area contributed by atoms with E-state index in [0.717, 1.165) is 5.69 Å². The first kappa shape index (κ1) is 21.2. The lowest BCUT2D eigenvalue weighted by atomic mass is 10.0. The van der Waals surface area contributed by atoms with Gasteiger partial charge in [-0.15, -0.1) is 0 Å². The van der Waals surface area contributed by atoms with E-state index in [-0.39, 0.29) is 11.7 Å². The average molecular weight is 414 g/mol. The summed E-state index contributed by atoms with van der Waals surface area (Å²) in [6.45, 7) is 0.515. The minimum absolute atomic E-state index is 0.0278. The Balaban J connectivity index is 1.66. The van der Waals surface area contributed by atoms with Gasteiger partial charge in [0.05, 0.1) is 11.1 Å². The minimum atomic E-state index is -2.93. The summed E-state index contributed by atoms with van der Waals surface area (Å²) in [5, 5.41) is 3.17.